The number of para-hydroxylation sites is 1. The van der Waals surface area contributed by atoms with Gasteiger partial charge in [-0.1, -0.05) is 42.5 Å². The highest BCUT2D eigenvalue weighted by Crippen LogP contribution is 2.33. The monoisotopic (exact) mass is 322 g/mol. The molecule has 2 aliphatic heterocycles. The average Bonchev–Trinajstić information content (AvgIpc) is 2.62. The SMILES string of the molecule is O=C1NC2(CCN(CCc3ccccc3)CC2)Oc2ccccc21. The Labute approximate surface area is 142 Å². The van der Waals surface area contributed by atoms with Crippen LogP contribution in [0, 0.1) is 0 Å². The van der Waals surface area contributed by atoms with Crippen LogP contribution in [0.3, 0.4) is 0 Å². The average molecular weight is 322 g/mol. The molecule has 2 aliphatic rings. The van der Waals surface area contributed by atoms with Gasteiger partial charge in [-0.05, 0) is 24.1 Å². The van der Waals surface area contributed by atoms with Crippen molar-refractivity contribution in [3.63, 3.8) is 0 Å². The van der Waals surface area contributed by atoms with E-state index in [1.807, 2.05) is 24.3 Å². The molecule has 4 heteroatoms. The number of nitrogens with zero attached hydrogens (tertiary/aromatic N) is 1. The number of amides is 1. The molecule has 1 fully saturated rings. The van der Waals surface area contributed by atoms with Gasteiger partial charge in [0, 0.05) is 32.5 Å². The third-order valence-electron chi connectivity index (χ3n) is 5.00. The highest BCUT2D eigenvalue weighted by Gasteiger charge is 2.42. The first-order valence-electron chi connectivity index (χ1n) is 8.61. The summed E-state index contributed by atoms with van der Waals surface area (Å²) in [5, 5.41) is 3.09. The molecule has 4 nitrogen and oxygen atoms in total. The molecule has 2 aromatic carbocycles. The Bertz CT molecular complexity index is 721. The van der Waals surface area contributed by atoms with Crippen LogP contribution in [-0.4, -0.2) is 36.2 Å². The number of benzene rings is 2. The van der Waals surface area contributed by atoms with Crippen molar-refractivity contribution in [1.29, 1.82) is 0 Å². The molecule has 1 spiro atoms. The van der Waals surface area contributed by atoms with Crippen molar-refractivity contribution < 1.29 is 9.53 Å². The van der Waals surface area contributed by atoms with Crippen molar-refractivity contribution in [2.45, 2.75) is 25.0 Å². The van der Waals surface area contributed by atoms with E-state index in [0.29, 0.717) is 11.3 Å². The van der Waals surface area contributed by atoms with E-state index in [1.54, 1.807) is 0 Å². The fourth-order valence-electron chi connectivity index (χ4n) is 3.55. The van der Waals surface area contributed by atoms with E-state index >= 15 is 0 Å². The van der Waals surface area contributed by atoms with E-state index in [2.05, 4.69) is 40.5 Å². The predicted molar refractivity (Wildman–Crippen MR) is 93.1 cm³/mol. The lowest BCUT2D eigenvalue weighted by atomic mass is 9.96. The molecular weight excluding hydrogens is 300 g/mol. The Balaban J connectivity index is 1.37. The fourth-order valence-corrected chi connectivity index (χ4v) is 3.55. The molecule has 2 aromatic rings. The summed E-state index contributed by atoms with van der Waals surface area (Å²) in [7, 11) is 0. The van der Waals surface area contributed by atoms with Crippen LogP contribution in [0.15, 0.2) is 54.6 Å². The van der Waals surface area contributed by atoms with Crippen LogP contribution in [0.25, 0.3) is 0 Å². The Morgan fingerprint density at radius 1 is 1.00 bits per heavy atom. The zero-order valence-corrected chi connectivity index (χ0v) is 13.7. The molecule has 2 heterocycles. The zero-order chi connectivity index (χ0) is 16.4. The van der Waals surface area contributed by atoms with Crippen LogP contribution in [0.1, 0.15) is 28.8 Å². The van der Waals surface area contributed by atoms with Crippen molar-refractivity contribution in [2.75, 3.05) is 19.6 Å². The molecule has 0 atom stereocenters. The van der Waals surface area contributed by atoms with Crippen molar-refractivity contribution in [3.8, 4) is 5.75 Å². The zero-order valence-electron chi connectivity index (χ0n) is 13.7. The number of hydrogen-bond donors (Lipinski definition) is 1. The maximum Gasteiger partial charge on any atom is 0.258 e. The number of carbonyl (C=O) groups excluding carboxylic acids is 1. The Morgan fingerprint density at radius 3 is 2.50 bits per heavy atom. The molecule has 124 valence electrons. The second-order valence-electron chi connectivity index (χ2n) is 6.62. The Morgan fingerprint density at radius 2 is 1.71 bits per heavy atom. The number of nitrogens with one attached hydrogen (secondary N) is 1. The summed E-state index contributed by atoms with van der Waals surface area (Å²) in [6, 6.07) is 18.1. The van der Waals surface area contributed by atoms with Gasteiger partial charge in [0.2, 0.25) is 0 Å². The molecule has 4 rings (SSSR count). The van der Waals surface area contributed by atoms with Crippen molar-refractivity contribution in [1.82, 2.24) is 10.2 Å². The van der Waals surface area contributed by atoms with Crippen LogP contribution < -0.4 is 10.1 Å². The van der Waals surface area contributed by atoms with Crippen LogP contribution in [0.5, 0.6) is 5.75 Å². The summed E-state index contributed by atoms with van der Waals surface area (Å²) in [5.41, 5.74) is 1.47. The van der Waals surface area contributed by atoms with Crippen LogP contribution in [0.2, 0.25) is 0 Å². The summed E-state index contributed by atoms with van der Waals surface area (Å²) in [6.45, 7) is 2.93. The van der Waals surface area contributed by atoms with E-state index < -0.39 is 5.72 Å². The second kappa shape index (κ2) is 6.29. The summed E-state index contributed by atoms with van der Waals surface area (Å²) in [4.78, 5) is 14.8. The Kier molecular flexibility index (Phi) is 3.98. The molecule has 1 amide bonds. The molecule has 1 saturated heterocycles. The quantitative estimate of drug-likeness (QED) is 0.945. The molecule has 0 bridgehead atoms. The number of likely N-dealkylation sites (tertiary alicyclic amines) is 1. The molecule has 0 aliphatic carbocycles. The van der Waals surface area contributed by atoms with Crippen LogP contribution >= 0.6 is 0 Å². The van der Waals surface area contributed by atoms with Gasteiger partial charge in [-0.25, -0.2) is 0 Å². The van der Waals surface area contributed by atoms with Gasteiger partial charge in [0.25, 0.3) is 5.91 Å². The summed E-state index contributed by atoms with van der Waals surface area (Å²) in [5.74, 6) is 0.688. The number of hydrogen-bond acceptors (Lipinski definition) is 3. The minimum atomic E-state index is -0.533. The lowest BCUT2D eigenvalue weighted by Gasteiger charge is -2.44. The first-order valence-corrected chi connectivity index (χ1v) is 8.61. The van der Waals surface area contributed by atoms with Crippen molar-refractivity contribution in [2.24, 2.45) is 0 Å². The fraction of sp³-hybridized carbons (Fsp3) is 0.350. The lowest BCUT2D eigenvalue weighted by Crippen LogP contribution is -2.61. The van der Waals surface area contributed by atoms with Crippen LogP contribution in [0.4, 0.5) is 0 Å². The standard InChI is InChI=1S/C20H22N2O2/c23-19-17-8-4-5-9-18(17)24-20(21-19)11-14-22(15-12-20)13-10-16-6-2-1-3-7-16/h1-9H,10-15H2,(H,21,23). The topological polar surface area (TPSA) is 41.6 Å². The smallest absolute Gasteiger partial charge is 0.258 e. The van der Waals surface area contributed by atoms with Gasteiger partial charge in [-0.3, -0.25) is 4.79 Å². The predicted octanol–water partition coefficient (Wildman–Crippen LogP) is 2.84. The van der Waals surface area contributed by atoms with Gasteiger partial charge >= 0.3 is 0 Å². The summed E-state index contributed by atoms with van der Waals surface area (Å²) < 4.78 is 6.18. The molecule has 0 unspecified atom stereocenters. The third-order valence-corrected chi connectivity index (χ3v) is 5.00. The summed E-state index contributed by atoms with van der Waals surface area (Å²) >= 11 is 0. The van der Waals surface area contributed by atoms with Gasteiger partial charge in [0.15, 0.2) is 5.72 Å². The van der Waals surface area contributed by atoms with E-state index in [-0.39, 0.29) is 5.91 Å². The Hall–Kier alpha value is -2.33. The van der Waals surface area contributed by atoms with E-state index in [1.165, 1.54) is 5.56 Å². The minimum absolute atomic E-state index is 0.0189. The highest BCUT2D eigenvalue weighted by molar-refractivity contribution is 5.98. The number of carbonyl (C=O) groups is 1. The first-order chi connectivity index (χ1) is 11.7. The molecule has 1 N–H and O–H groups in total. The van der Waals surface area contributed by atoms with Gasteiger partial charge in [-0.2, -0.15) is 0 Å². The molecule has 0 saturated carbocycles. The maximum absolute atomic E-state index is 12.3. The minimum Gasteiger partial charge on any atom is -0.467 e. The van der Waals surface area contributed by atoms with E-state index in [4.69, 9.17) is 4.74 Å². The second-order valence-corrected chi connectivity index (χ2v) is 6.62. The highest BCUT2D eigenvalue weighted by atomic mass is 16.5. The molecular formula is C20H22N2O2. The maximum atomic E-state index is 12.3. The summed E-state index contributed by atoms with van der Waals surface area (Å²) in [6.07, 6.45) is 2.70. The largest absolute Gasteiger partial charge is 0.467 e. The number of piperidine rings is 1. The normalized spacial score (nSPS) is 19.4. The van der Waals surface area contributed by atoms with Gasteiger partial charge in [-0.15, -0.1) is 0 Å². The molecule has 24 heavy (non-hydrogen) atoms. The van der Waals surface area contributed by atoms with E-state index in [9.17, 15) is 4.79 Å². The first kappa shape index (κ1) is 15.2. The van der Waals surface area contributed by atoms with Crippen molar-refractivity contribution >= 4 is 5.91 Å². The number of fused-ring (bicyclic) bond motifs is 1. The third kappa shape index (κ3) is 3.02. The molecule has 0 aromatic heterocycles. The van der Waals surface area contributed by atoms with Crippen molar-refractivity contribution in [3.05, 3.63) is 65.7 Å². The number of rotatable bonds is 3. The van der Waals surface area contributed by atoms with Gasteiger partial charge in [0.05, 0.1) is 5.56 Å². The van der Waals surface area contributed by atoms with Crippen LogP contribution in [-0.2, 0) is 6.42 Å². The van der Waals surface area contributed by atoms with Gasteiger partial charge in [0.1, 0.15) is 5.75 Å². The molecule has 0 radical (unpaired) electrons. The van der Waals surface area contributed by atoms with Gasteiger partial charge < -0.3 is 15.0 Å². The van der Waals surface area contributed by atoms with E-state index in [0.717, 1.165) is 38.9 Å². The number of ether oxygens (including phenoxy) is 1. The lowest BCUT2D eigenvalue weighted by molar-refractivity contribution is -0.0286.